The number of pyridine rings is 1. The highest BCUT2D eigenvalue weighted by Gasteiger charge is 2.36. The van der Waals surface area contributed by atoms with Gasteiger partial charge in [0.15, 0.2) is 6.23 Å². The van der Waals surface area contributed by atoms with Crippen molar-refractivity contribution in [2.45, 2.75) is 32.0 Å². The summed E-state index contributed by atoms with van der Waals surface area (Å²) >= 11 is 0. The Bertz CT molecular complexity index is 410. The van der Waals surface area contributed by atoms with Crippen LogP contribution >= 0.6 is 0 Å². The highest BCUT2D eigenvalue weighted by Crippen LogP contribution is 2.36. The topological polar surface area (TPSA) is 71.9 Å². The summed E-state index contributed by atoms with van der Waals surface area (Å²) in [4.78, 5) is 25.8. The molecular weight excluding hydrogens is 222 g/mol. The summed E-state index contributed by atoms with van der Waals surface area (Å²) in [6.07, 6.45) is 4.12. The fraction of sp³-hybridized carbons (Fsp3) is 0.455. The predicted octanol–water partition coefficient (Wildman–Crippen LogP) is 1.79. The van der Waals surface area contributed by atoms with Gasteiger partial charge in [-0.1, -0.05) is 6.07 Å². The molecule has 0 N–H and O–H groups in total. The van der Waals surface area contributed by atoms with Gasteiger partial charge in [0.1, 0.15) is 0 Å². The average molecular weight is 235 g/mol. The number of rotatable bonds is 3. The van der Waals surface area contributed by atoms with Crippen molar-refractivity contribution in [1.82, 2.24) is 9.99 Å². The van der Waals surface area contributed by atoms with E-state index in [-0.39, 0.29) is 6.04 Å². The quantitative estimate of drug-likeness (QED) is 0.590. The third-order valence-corrected chi connectivity index (χ3v) is 2.77. The second-order valence-electron chi connectivity index (χ2n) is 3.91. The van der Waals surface area contributed by atoms with Crippen LogP contribution in [0.25, 0.3) is 0 Å². The second kappa shape index (κ2) is 4.90. The van der Waals surface area contributed by atoms with Gasteiger partial charge in [-0.15, -0.1) is 4.91 Å². The van der Waals surface area contributed by atoms with Crippen LogP contribution in [-0.4, -0.2) is 22.2 Å². The lowest BCUT2D eigenvalue weighted by molar-refractivity contribution is -0.155. The first kappa shape index (κ1) is 11.5. The van der Waals surface area contributed by atoms with Gasteiger partial charge in [-0.3, -0.25) is 9.78 Å². The van der Waals surface area contributed by atoms with Crippen LogP contribution in [0.3, 0.4) is 0 Å². The minimum atomic E-state index is -0.560. The van der Waals surface area contributed by atoms with Crippen molar-refractivity contribution >= 4 is 5.97 Å². The number of esters is 1. The van der Waals surface area contributed by atoms with Crippen LogP contribution in [0.2, 0.25) is 0 Å². The number of ether oxygens (including phenoxy) is 1. The molecule has 6 nitrogen and oxygen atoms in total. The maximum Gasteiger partial charge on any atom is 0.304 e. The summed E-state index contributed by atoms with van der Waals surface area (Å²) in [7, 11) is 0. The van der Waals surface area contributed by atoms with Crippen LogP contribution in [-0.2, 0) is 9.53 Å². The molecule has 1 saturated heterocycles. The van der Waals surface area contributed by atoms with Gasteiger partial charge >= 0.3 is 5.97 Å². The Morgan fingerprint density at radius 3 is 3.00 bits per heavy atom. The van der Waals surface area contributed by atoms with Gasteiger partial charge < -0.3 is 4.74 Å². The highest BCUT2D eigenvalue weighted by atomic mass is 16.6. The summed E-state index contributed by atoms with van der Waals surface area (Å²) < 4.78 is 5.04. The Kier molecular flexibility index (Phi) is 3.32. The van der Waals surface area contributed by atoms with Gasteiger partial charge in [0.2, 0.25) is 0 Å². The molecule has 1 aromatic rings. The molecule has 90 valence electrons. The summed E-state index contributed by atoms with van der Waals surface area (Å²) in [6, 6.07) is 3.52. The fourth-order valence-electron chi connectivity index (χ4n) is 2.07. The first-order valence-corrected chi connectivity index (χ1v) is 5.41. The van der Waals surface area contributed by atoms with Crippen molar-refractivity contribution in [3.05, 3.63) is 35.0 Å². The van der Waals surface area contributed by atoms with Gasteiger partial charge in [0, 0.05) is 25.7 Å². The number of nitroso groups, excluding NO2 is 1. The number of hydrogen-bond donors (Lipinski definition) is 0. The molecule has 6 heteroatoms. The van der Waals surface area contributed by atoms with E-state index in [0.29, 0.717) is 6.42 Å². The molecule has 1 aliphatic heterocycles. The third kappa shape index (κ3) is 2.41. The molecule has 2 atom stereocenters. The smallest absolute Gasteiger partial charge is 0.304 e. The van der Waals surface area contributed by atoms with E-state index in [1.54, 1.807) is 18.5 Å². The number of hydrogen-bond acceptors (Lipinski definition) is 5. The van der Waals surface area contributed by atoms with Crippen LogP contribution in [0.5, 0.6) is 0 Å². The SMILES string of the molecule is CC(=O)OC1CCC(c2cccnc2)N1N=O. The lowest BCUT2D eigenvalue weighted by atomic mass is 10.1. The van der Waals surface area contributed by atoms with Crippen molar-refractivity contribution in [3.63, 3.8) is 0 Å². The van der Waals surface area contributed by atoms with E-state index in [1.807, 2.05) is 6.07 Å². The van der Waals surface area contributed by atoms with Gasteiger partial charge in [-0.25, -0.2) is 5.01 Å². The van der Waals surface area contributed by atoms with Crippen LogP contribution < -0.4 is 0 Å². The molecule has 2 unspecified atom stereocenters. The normalized spacial score (nSPS) is 23.5. The summed E-state index contributed by atoms with van der Waals surface area (Å²) in [5, 5.41) is 4.25. The Hall–Kier alpha value is -1.98. The van der Waals surface area contributed by atoms with E-state index in [0.717, 1.165) is 12.0 Å². The molecule has 17 heavy (non-hydrogen) atoms. The van der Waals surface area contributed by atoms with E-state index >= 15 is 0 Å². The third-order valence-electron chi connectivity index (χ3n) is 2.77. The zero-order chi connectivity index (χ0) is 12.3. The molecule has 1 fully saturated rings. The molecule has 0 amide bonds. The van der Waals surface area contributed by atoms with E-state index in [2.05, 4.69) is 10.3 Å². The summed E-state index contributed by atoms with van der Waals surface area (Å²) in [5.74, 6) is -0.407. The Morgan fingerprint density at radius 1 is 1.59 bits per heavy atom. The Balaban J connectivity index is 2.15. The van der Waals surface area contributed by atoms with Gasteiger partial charge in [-0.05, 0) is 18.1 Å². The number of aromatic nitrogens is 1. The van der Waals surface area contributed by atoms with Crippen molar-refractivity contribution in [1.29, 1.82) is 0 Å². The zero-order valence-corrected chi connectivity index (χ0v) is 9.44. The molecule has 0 spiro atoms. The van der Waals surface area contributed by atoms with Crippen molar-refractivity contribution in [2.24, 2.45) is 5.29 Å². The first-order chi connectivity index (χ1) is 8.22. The zero-order valence-electron chi connectivity index (χ0n) is 9.44. The molecule has 2 rings (SSSR count). The average Bonchev–Trinajstić information content (AvgIpc) is 2.72. The maximum atomic E-state index is 10.9. The van der Waals surface area contributed by atoms with Gasteiger partial charge in [0.25, 0.3) is 0 Å². The minimum absolute atomic E-state index is 0.162. The minimum Gasteiger partial charge on any atom is -0.440 e. The monoisotopic (exact) mass is 235 g/mol. The Labute approximate surface area is 98.5 Å². The van der Waals surface area contributed by atoms with E-state index in [4.69, 9.17) is 4.74 Å². The van der Waals surface area contributed by atoms with Crippen LogP contribution in [0, 0.1) is 4.91 Å². The first-order valence-electron chi connectivity index (χ1n) is 5.41. The molecule has 2 heterocycles. The molecule has 0 aliphatic carbocycles. The maximum absolute atomic E-state index is 10.9. The molecule has 0 bridgehead atoms. The molecule has 0 radical (unpaired) electrons. The number of nitrogens with zero attached hydrogens (tertiary/aromatic N) is 3. The second-order valence-corrected chi connectivity index (χ2v) is 3.91. The Morgan fingerprint density at radius 2 is 2.41 bits per heavy atom. The van der Waals surface area contributed by atoms with E-state index < -0.39 is 12.2 Å². The van der Waals surface area contributed by atoms with Crippen molar-refractivity contribution in [2.75, 3.05) is 0 Å². The molecule has 1 aromatic heterocycles. The molecule has 0 aromatic carbocycles. The van der Waals surface area contributed by atoms with Crippen molar-refractivity contribution < 1.29 is 9.53 Å². The summed E-state index contributed by atoms with van der Waals surface area (Å²) in [5.41, 5.74) is 0.904. The molecular formula is C11H13N3O3. The molecule has 1 aliphatic rings. The number of carbonyl (C=O) groups excluding carboxylic acids is 1. The van der Waals surface area contributed by atoms with Crippen LogP contribution in [0.15, 0.2) is 29.8 Å². The largest absolute Gasteiger partial charge is 0.440 e. The lowest BCUT2D eigenvalue weighted by Crippen LogP contribution is -2.30. The summed E-state index contributed by atoms with van der Waals surface area (Å²) in [6.45, 7) is 1.32. The molecule has 0 saturated carbocycles. The lowest BCUT2D eigenvalue weighted by Gasteiger charge is -2.23. The van der Waals surface area contributed by atoms with Crippen molar-refractivity contribution in [3.8, 4) is 0 Å². The van der Waals surface area contributed by atoms with E-state index in [9.17, 15) is 9.70 Å². The van der Waals surface area contributed by atoms with Gasteiger partial charge in [-0.2, -0.15) is 0 Å². The van der Waals surface area contributed by atoms with E-state index in [1.165, 1.54) is 11.9 Å². The standard InChI is InChI=1S/C11H13N3O3/c1-8(15)17-11-5-4-10(14(11)13-16)9-3-2-6-12-7-9/h2-3,6-7,10-11H,4-5H2,1H3. The van der Waals surface area contributed by atoms with Gasteiger partial charge in [0.05, 0.1) is 11.3 Å². The van der Waals surface area contributed by atoms with Crippen LogP contribution in [0.4, 0.5) is 0 Å². The number of carbonyl (C=O) groups is 1. The van der Waals surface area contributed by atoms with Crippen LogP contribution in [0.1, 0.15) is 31.4 Å². The highest BCUT2D eigenvalue weighted by molar-refractivity contribution is 5.66. The fourth-order valence-corrected chi connectivity index (χ4v) is 2.07. The predicted molar refractivity (Wildman–Crippen MR) is 59.4 cm³/mol.